The first-order chi connectivity index (χ1) is 7.75. The summed E-state index contributed by atoms with van der Waals surface area (Å²) < 4.78 is 5.33. The van der Waals surface area contributed by atoms with Gasteiger partial charge in [0.05, 0.1) is 18.8 Å². The molecule has 0 fully saturated rings. The molecule has 0 aliphatic carbocycles. The van der Waals surface area contributed by atoms with Gasteiger partial charge in [-0.05, 0) is 26.7 Å². The highest BCUT2D eigenvalue weighted by Gasteiger charge is 2.23. The average molecular weight is 244 g/mol. The van der Waals surface area contributed by atoms with Gasteiger partial charge >= 0.3 is 0 Å². The lowest BCUT2D eigenvalue weighted by Crippen LogP contribution is -2.51. The normalized spacial score (nSPS) is 14.8. The predicted octanol–water partition coefficient (Wildman–Crippen LogP) is 0.469. The van der Waals surface area contributed by atoms with Crippen molar-refractivity contribution in [1.82, 2.24) is 5.32 Å². The summed E-state index contributed by atoms with van der Waals surface area (Å²) in [5.74, 6) is -0.406. The fraction of sp³-hybridized carbons (Fsp3) is 0.833. The van der Waals surface area contributed by atoms with Gasteiger partial charge < -0.3 is 15.8 Å². The molecular formula is C12H24N2O3. The number of ketones is 1. The van der Waals surface area contributed by atoms with E-state index in [-0.39, 0.29) is 30.3 Å². The van der Waals surface area contributed by atoms with Crippen molar-refractivity contribution in [1.29, 1.82) is 0 Å². The van der Waals surface area contributed by atoms with Crippen LogP contribution in [0.25, 0.3) is 0 Å². The molecule has 17 heavy (non-hydrogen) atoms. The van der Waals surface area contributed by atoms with Gasteiger partial charge in [0.25, 0.3) is 0 Å². The molecule has 0 aromatic rings. The minimum atomic E-state index is -0.616. The summed E-state index contributed by atoms with van der Waals surface area (Å²) in [6.07, 6.45) is 0.0209. The van der Waals surface area contributed by atoms with Gasteiger partial charge in [0.1, 0.15) is 6.04 Å². The summed E-state index contributed by atoms with van der Waals surface area (Å²) in [7, 11) is 0. The monoisotopic (exact) mass is 244 g/mol. The highest BCUT2D eigenvalue weighted by Crippen LogP contribution is 2.00. The number of hydrogen-bond donors (Lipinski definition) is 2. The van der Waals surface area contributed by atoms with Crippen LogP contribution in [0.4, 0.5) is 0 Å². The van der Waals surface area contributed by atoms with Gasteiger partial charge in [-0.25, -0.2) is 0 Å². The third kappa shape index (κ3) is 6.38. The molecule has 2 unspecified atom stereocenters. The summed E-state index contributed by atoms with van der Waals surface area (Å²) in [5, 5.41) is 2.61. The highest BCUT2D eigenvalue weighted by atomic mass is 16.5. The number of ether oxygens (including phenoxy) is 1. The maximum atomic E-state index is 11.7. The second kappa shape index (κ2) is 7.40. The molecule has 5 nitrogen and oxygen atoms in total. The number of rotatable bonds is 7. The number of carbonyl (C=O) groups excluding carboxylic acids is 2. The van der Waals surface area contributed by atoms with Crippen molar-refractivity contribution in [2.75, 3.05) is 6.61 Å². The van der Waals surface area contributed by atoms with Gasteiger partial charge in [-0.2, -0.15) is 0 Å². The first-order valence-corrected chi connectivity index (χ1v) is 5.93. The Hall–Kier alpha value is -0.940. The molecule has 0 aromatic heterocycles. The summed E-state index contributed by atoms with van der Waals surface area (Å²) in [6.45, 7) is 9.08. The van der Waals surface area contributed by atoms with E-state index in [1.807, 2.05) is 27.7 Å². The van der Waals surface area contributed by atoms with Crippen LogP contribution in [0.3, 0.4) is 0 Å². The predicted molar refractivity (Wildman–Crippen MR) is 66.5 cm³/mol. The second-order valence-electron chi connectivity index (χ2n) is 4.82. The minimum absolute atomic E-state index is 0.0209. The Morgan fingerprint density at radius 1 is 1.24 bits per heavy atom. The van der Waals surface area contributed by atoms with Crippen LogP contribution in [0.1, 0.15) is 34.6 Å². The van der Waals surface area contributed by atoms with E-state index in [2.05, 4.69) is 5.32 Å². The van der Waals surface area contributed by atoms with Crippen LogP contribution >= 0.6 is 0 Å². The quantitative estimate of drug-likeness (QED) is 0.682. The van der Waals surface area contributed by atoms with E-state index < -0.39 is 12.1 Å². The molecular weight excluding hydrogens is 220 g/mol. The number of nitrogens with one attached hydrogen (secondary N) is 1. The fourth-order valence-corrected chi connectivity index (χ4v) is 1.12. The molecule has 0 aromatic carbocycles. The summed E-state index contributed by atoms with van der Waals surface area (Å²) >= 11 is 0. The lowest BCUT2D eigenvalue weighted by Gasteiger charge is -2.21. The van der Waals surface area contributed by atoms with Gasteiger partial charge in [-0.3, -0.25) is 9.59 Å². The third-order valence-electron chi connectivity index (χ3n) is 2.42. The summed E-state index contributed by atoms with van der Waals surface area (Å²) in [4.78, 5) is 23.0. The third-order valence-corrected chi connectivity index (χ3v) is 2.42. The summed E-state index contributed by atoms with van der Waals surface area (Å²) in [6, 6.07) is -1.22. The van der Waals surface area contributed by atoms with E-state index in [1.54, 1.807) is 0 Å². The molecule has 100 valence electrons. The van der Waals surface area contributed by atoms with Crippen LogP contribution < -0.4 is 11.1 Å². The number of Topliss-reactive ketones (excluding diaryl/α,β-unsaturated/α-hetero) is 1. The molecule has 0 heterocycles. The zero-order valence-corrected chi connectivity index (χ0v) is 11.3. The van der Waals surface area contributed by atoms with Crippen LogP contribution in [-0.2, 0) is 14.3 Å². The average Bonchev–Trinajstić information content (AvgIpc) is 2.21. The topological polar surface area (TPSA) is 81.4 Å². The van der Waals surface area contributed by atoms with Crippen LogP contribution in [-0.4, -0.2) is 36.5 Å². The van der Waals surface area contributed by atoms with E-state index in [1.165, 1.54) is 6.92 Å². The number of carbonyl (C=O) groups is 2. The molecule has 0 radical (unpaired) electrons. The molecule has 0 saturated heterocycles. The maximum Gasteiger partial charge on any atom is 0.237 e. The zero-order valence-electron chi connectivity index (χ0n) is 11.3. The van der Waals surface area contributed by atoms with E-state index >= 15 is 0 Å². The van der Waals surface area contributed by atoms with Gasteiger partial charge in [0, 0.05) is 0 Å². The zero-order chi connectivity index (χ0) is 13.6. The Morgan fingerprint density at radius 3 is 2.12 bits per heavy atom. The lowest BCUT2D eigenvalue weighted by molar-refractivity contribution is -0.130. The first-order valence-electron chi connectivity index (χ1n) is 5.93. The van der Waals surface area contributed by atoms with Crippen molar-refractivity contribution in [2.24, 2.45) is 11.7 Å². The molecule has 0 rings (SSSR count). The Labute approximate surface area is 103 Å². The van der Waals surface area contributed by atoms with E-state index in [4.69, 9.17) is 10.5 Å². The van der Waals surface area contributed by atoms with Crippen molar-refractivity contribution in [3.63, 3.8) is 0 Å². The standard InChI is InChI=1S/C12H24N2O3/c1-7(2)11(13)12(16)14-10(9(5)15)6-17-8(3)4/h7-8,10-11H,6,13H2,1-5H3,(H,14,16). The van der Waals surface area contributed by atoms with Crippen LogP contribution in [0.15, 0.2) is 0 Å². The van der Waals surface area contributed by atoms with Gasteiger partial charge in [-0.15, -0.1) is 0 Å². The minimum Gasteiger partial charge on any atom is -0.376 e. The molecule has 0 aliphatic heterocycles. The highest BCUT2D eigenvalue weighted by molar-refractivity contribution is 5.89. The molecule has 2 atom stereocenters. The van der Waals surface area contributed by atoms with Gasteiger partial charge in [0.2, 0.25) is 5.91 Å². The molecule has 0 saturated carbocycles. The van der Waals surface area contributed by atoms with E-state index in [0.29, 0.717) is 0 Å². The molecule has 0 bridgehead atoms. The van der Waals surface area contributed by atoms with E-state index in [0.717, 1.165) is 0 Å². The number of hydrogen-bond acceptors (Lipinski definition) is 4. The molecule has 1 amide bonds. The van der Waals surface area contributed by atoms with Gasteiger partial charge in [-0.1, -0.05) is 13.8 Å². The number of amides is 1. The van der Waals surface area contributed by atoms with Gasteiger partial charge in [0.15, 0.2) is 5.78 Å². The largest absolute Gasteiger partial charge is 0.376 e. The Bertz CT molecular complexity index is 264. The van der Waals surface area contributed by atoms with Crippen molar-refractivity contribution >= 4 is 11.7 Å². The summed E-state index contributed by atoms with van der Waals surface area (Å²) in [5.41, 5.74) is 5.70. The van der Waals surface area contributed by atoms with Crippen LogP contribution in [0.5, 0.6) is 0 Å². The number of nitrogens with two attached hydrogens (primary N) is 1. The van der Waals surface area contributed by atoms with Crippen molar-refractivity contribution < 1.29 is 14.3 Å². The lowest BCUT2D eigenvalue weighted by atomic mass is 10.0. The smallest absolute Gasteiger partial charge is 0.237 e. The Morgan fingerprint density at radius 2 is 1.76 bits per heavy atom. The second-order valence-corrected chi connectivity index (χ2v) is 4.82. The fourth-order valence-electron chi connectivity index (χ4n) is 1.12. The first kappa shape index (κ1) is 16.1. The van der Waals surface area contributed by atoms with Crippen molar-refractivity contribution in [3.8, 4) is 0 Å². The van der Waals surface area contributed by atoms with Crippen molar-refractivity contribution in [3.05, 3.63) is 0 Å². The Balaban J connectivity index is 4.35. The SMILES string of the molecule is CC(=O)C(COC(C)C)NC(=O)C(N)C(C)C. The van der Waals surface area contributed by atoms with Crippen LogP contribution in [0.2, 0.25) is 0 Å². The Kier molecular flexibility index (Phi) is 6.99. The maximum absolute atomic E-state index is 11.7. The molecule has 0 spiro atoms. The van der Waals surface area contributed by atoms with Crippen LogP contribution in [0, 0.1) is 5.92 Å². The molecule has 3 N–H and O–H groups in total. The molecule has 5 heteroatoms. The molecule has 0 aliphatic rings. The van der Waals surface area contributed by atoms with E-state index in [9.17, 15) is 9.59 Å². The van der Waals surface area contributed by atoms with Crippen molar-refractivity contribution in [2.45, 2.75) is 52.8 Å².